The van der Waals surface area contributed by atoms with Crippen LogP contribution >= 0.6 is 0 Å². The third-order valence-corrected chi connectivity index (χ3v) is 4.97. The van der Waals surface area contributed by atoms with E-state index in [1.54, 1.807) is 18.3 Å². The quantitative estimate of drug-likeness (QED) is 0.220. The van der Waals surface area contributed by atoms with Crippen LogP contribution in [-0.4, -0.2) is 20.5 Å². The Balaban J connectivity index is 1.62. The van der Waals surface area contributed by atoms with Crippen LogP contribution in [0.5, 0.6) is 0 Å². The summed E-state index contributed by atoms with van der Waals surface area (Å²) in [6.45, 7) is 0. The molecule has 5 aromatic rings. The molecular formula is C24H16N4O2. The van der Waals surface area contributed by atoms with Gasteiger partial charge in [-0.05, 0) is 46.7 Å². The van der Waals surface area contributed by atoms with Crippen molar-refractivity contribution < 1.29 is 4.92 Å². The lowest BCUT2D eigenvalue weighted by Crippen LogP contribution is -1.89. The number of hydrogen-bond donors (Lipinski definition) is 0. The van der Waals surface area contributed by atoms with E-state index >= 15 is 0 Å². The summed E-state index contributed by atoms with van der Waals surface area (Å²) in [6.07, 6.45) is 3.63. The number of non-ortho nitro benzene ring substituents is 1. The molecule has 2 aromatic heterocycles. The fourth-order valence-electron chi connectivity index (χ4n) is 3.45. The van der Waals surface area contributed by atoms with Crippen LogP contribution in [0.1, 0.15) is 5.56 Å². The van der Waals surface area contributed by atoms with Crippen LogP contribution in [0.25, 0.3) is 27.7 Å². The van der Waals surface area contributed by atoms with Gasteiger partial charge >= 0.3 is 0 Å². The van der Waals surface area contributed by atoms with Crippen LogP contribution in [0.15, 0.2) is 96.1 Å². The Morgan fingerprint density at radius 2 is 1.67 bits per heavy atom. The number of hydrogen-bond acceptors (Lipinski definition) is 4. The molecule has 0 aliphatic carbocycles. The summed E-state index contributed by atoms with van der Waals surface area (Å²) >= 11 is 0. The molecule has 0 aliphatic rings. The minimum absolute atomic E-state index is 0.0544. The number of imidazole rings is 1. The standard InChI is InChI=1S/C24H16N4O2/c29-28(30)21-12-8-17(9-13-21)16-25-24-23(26-22-7-3-4-14-27(22)24)20-11-10-18-5-1-2-6-19(18)15-20/h1-16H. The fourth-order valence-corrected chi connectivity index (χ4v) is 3.45. The summed E-state index contributed by atoms with van der Waals surface area (Å²) in [7, 11) is 0. The van der Waals surface area contributed by atoms with E-state index in [9.17, 15) is 10.1 Å². The molecule has 3 aromatic carbocycles. The van der Waals surface area contributed by atoms with Gasteiger partial charge in [-0.15, -0.1) is 0 Å². The molecule has 6 heteroatoms. The van der Waals surface area contributed by atoms with Crippen molar-refractivity contribution in [3.63, 3.8) is 0 Å². The molecule has 6 nitrogen and oxygen atoms in total. The molecule has 0 fully saturated rings. The smallest absolute Gasteiger partial charge is 0.269 e. The molecular weight excluding hydrogens is 376 g/mol. The van der Waals surface area contributed by atoms with E-state index in [2.05, 4.69) is 30.3 Å². The monoisotopic (exact) mass is 392 g/mol. The second kappa shape index (κ2) is 7.25. The molecule has 0 spiro atoms. The average molecular weight is 392 g/mol. The average Bonchev–Trinajstić information content (AvgIpc) is 3.16. The first-order valence-electron chi connectivity index (χ1n) is 9.44. The topological polar surface area (TPSA) is 72.8 Å². The summed E-state index contributed by atoms with van der Waals surface area (Å²) in [5.74, 6) is 0.708. The van der Waals surface area contributed by atoms with Crippen molar-refractivity contribution in [2.24, 2.45) is 4.99 Å². The van der Waals surface area contributed by atoms with Crippen molar-refractivity contribution >= 4 is 34.1 Å². The number of aliphatic imine (C=N–C) groups is 1. The van der Waals surface area contributed by atoms with E-state index in [1.165, 1.54) is 17.5 Å². The summed E-state index contributed by atoms with van der Waals surface area (Å²) in [5.41, 5.74) is 3.39. The first-order chi connectivity index (χ1) is 14.7. The minimum atomic E-state index is -0.413. The molecule has 30 heavy (non-hydrogen) atoms. The van der Waals surface area contributed by atoms with E-state index in [0.717, 1.165) is 27.9 Å². The van der Waals surface area contributed by atoms with Crippen molar-refractivity contribution in [3.05, 3.63) is 107 Å². The van der Waals surface area contributed by atoms with Crippen LogP contribution in [0.4, 0.5) is 11.5 Å². The van der Waals surface area contributed by atoms with Gasteiger partial charge in [0.25, 0.3) is 5.69 Å². The van der Waals surface area contributed by atoms with Gasteiger partial charge in [0.1, 0.15) is 11.3 Å². The Morgan fingerprint density at radius 1 is 0.900 bits per heavy atom. The van der Waals surface area contributed by atoms with Gasteiger partial charge in [0, 0.05) is 30.1 Å². The third-order valence-electron chi connectivity index (χ3n) is 4.97. The lowest BCUT2D eigenvalue weighted by atomic mass is 10.1. The molecule has 0 saturated heterocycles. The van der Waals surface area contributed by atoms with Gasteiger partial charge in [-0.2, -0.15) is 0 Å². The number of aromatic nitrogens is 2. The summed E-state index contributed by atoms with van der Waals surface area (Å²) in [4.78, 5) is 19.9. The molecule has 5 rings (SSSR count). The van der Waals surface area contributed by atoms with Gasteiger partial charge in [-0.3, -0.25) is 14.5 Å². The maximum atomic E-state index is 10.9. The Bertz CT molecular complexity index is 1420. The maximum absolute atomic E-state index is 10.9. The van der Waals surface area contributed by atoms with Crippen LogP contribution < -0.4 is 0 Å². The zero-order valence-electron chi connectivity index (χ0n) is 15.8. The summed E-state index contributed by atoms with van der Waals surface area (Å²) < 4.78 is 1.94. The van der Waals surface area contributed by atoms with Gasteiger partial charge < -0.3 is 0 Å². The molecule has 144 valence electrons. The van der Waals surface area contributed by atoms with E-state index < -0.39 is 4.92 Å². The number of fused-ring (bicyclic) bond motifs is 2. The van der Waals surface area contributed by atoms with Crippen LogP contribution in [0.3, 0.4) is 0 Å². The second-order valence-corrected chi connectivity index (χ2v) is 6.88. The first-order valence-corrected chi connectivity index (χ1v) is 9.44. The van der Waals surface area contributed by atoms with E-state index in [1.807, 2.05) is 40.9 Å². The number of nitro groups is 1. The molecule has 0 N–H and O–H groups in total. The number of pyridine rings is 1. The highest BCUT2D eigenvalue weighted by Crippen LogP contribution is 2.32. The molecule has 0 aliphatic heterocycles. The SMILES string of the molecule is O=[N+]([O-])c1ccc(C=Nc2c(-c3ccc4ccccc4c3)nc3ccccn23)cc1. The predicted molar refractivity (Wildman–Crippen MR) is 118 cm³/mol. The van der Waals surface area contributed by atoms with E-state index in [-0.39, 0.29) is 5.69 Å². The largest absolute Gasteiger partial charge is 0.284 e. The Hall–Kier alpha value is -4.32. The Morgan fingerprint density at radius 3 is 2.47 bits per heavy atom. The van der Waals surface area contributed by atoms with Gasteiger partial charge in [0.05, 0.1) is 4.92 Å². The van der Waals surface area contributed by atoms with Crippen LogP contribution in [-0.2, 0) is 0 Å². The Labute approximate surface area is 171 Å². The zero-order valence-corrected chi connectivity index (χ0v) is 15.8. The van der Waals surface area contributed by atoms with Gasteiger partial charge in [-0.25, -0.2) is 9.98 Å². The number of rotatable bonds is 4. The zero-order chi connectivity index (χ0) is 20.5. The van der Waals surface area contributed by atoms with Crippen LogP contribution in [0.2, 0.25) is 0 Å². The third kappa shape index (κ3) is 3.20. The van der Waals surface area contributed by atoms with Gasteiger partial charge in [0.2, 0.25) is 0 Å². The minimum Gasteiger partial charge on any atom is -0.284 e. The lowest BCUT2D eigenvalue weighted by Gasteiger charge is -2.03. The fraction of sp³-hybridized carbons (Fsp3) is 0. The normalized spacial score (nSPS) is 11.5. The van der Waals surface area contributed by atoms with Gasteiger partial charge in [0.15, 0.2) is 5.82 Å². The molecule has 0 atom stereocenters. The molecule has 2 heterocycles. The Kier molecular flexibility index (Phi) is 4.29. The van der Waals surface area contributed by atoms with Crippen molar-refractivity contribution in [1.82, 2.24) is 9.38 Å². The maximum Gasteiger partial charge on any atom is 0.269 e. The highest BCUT2D eigenvalue weighted by Gasteiger charge is 2.13. The van der Waals surface area contributed by atoms with Crippen molar-refractivity contribution in [2.75, 3.05) is 0 Å². The molecule has 0 amide bonds. The first kappa shape index (κ1) is 17.8. The lowest BCUT2D eigenvalue weighted by molar-refractivity contribution is -0.384. The summed E-state index contributed by atoms with van der Waals surface area (Å²) in [6, 6.07) is 26.6. The van der Waals surface area contributed by atoms with Crippen LogP contribution in [0, 0.1) is 10.1 Å². The van der Waals surface area contributed by atoms with Crippen molar-refractivity contribution in [3.8, 4) is 11.3 Å². The van der Waals surface area contributed by atoms with E-state index in [0.29, 0.717) is 5.82 Å². The second-order valence-electron chi connectivity index (χ2n) is 6.88. The number of nitro benzene ring substituents is 1. The highest BCUT2D eigenvalue weighted by molar-refractivity contribution is 5.90. The predicted octanol–water partition coefficient (Wildman–Crippen LogP) is 5.81. The van der Waals surface area contributed by atoms with E-state index in [4.69, 9.17) is 9.98 Å². The molecule has 0 radical (unpaired) electrons. The molecule has 0 saturated carbocycles. The highest BCUT2D eigenvalue weighted by atomic mass is 16.6. The van der Waals surface area contributed by atoms with Gasteiger partial charge in [-0.1, -0.05) is 42.5 Å². The summed E-state index contributed by atoms with van der Waals surface area (Å²) in [5, 5.41) is 13.2. The molecule has 0 unspecified atom stereocenters. The van der Waals surface area contributed by atoms with Crippen molar-refractivity contribution in [2.45, 2.75) is 0 Å². The molecule has 0 bridgehead atoms. The number of nitrogens with zero attached hydrogens (tertiary/aromatic N) is 4. The van der Waals surface area contributed by atoms with Crippen molar-refractivity contribution in [1.29, 1.82) is 0 Å². The number of benzene rings is 3.